The van der Waals surface area contributed by atoms with E-state index in [1.165, 1.54) is 38.5 Å². The molecule has 1 aromatic heterocycles. The molecule has 4 nitrogen and oxygen atoms in total. The molecule has 1 heterocycles. The fourth-order valence-corrected chi connectivity index (χ4v) is 3.32. The lowest BCUT2D eigenvalue weighted by Crippen LogP contribution is -2.13. The van der Waals surface area contributed by atoms with Crippen LogP contribution in [-0.4, -0.2) is 28.5 Å². The van der Waals surface area contributed by atoms with Crippen molar-refractivity contribution in [1.82, 2.24) is 14.8 Å². The maximum absolute atomic E-state index is 5.17. The summed E-state index contributed by atoms with van der Waals surface area (Å²) in [6.07, 6.45) is 9.35. The van der Waals surface area contributed by atoms with Crippen molar-refractivity contribution in [3.8, 4) is 0 Å². The molecule has 108 valence electrons. The zero-order chi connectivity index (χ0) is 13.5. The van der Waals surface area contributed by atoms with E-state index in [0.29, 0.717) is 6.61 Å². The summed E-state index contributed by atoms with van der Waals surface area (Å²) in [7, 11) is 1.74. The second-order valence-electron chi connectivity index (χ2n) is 5.35. The minimum atomic E-state index is 0.717. The third kappa shape index (κ3) is 4.28. The van der Waals surface area contributed by atoms with Crippen LogP contribution in [0.3, 0.4) is 0 Å². The third-order valence-corrected chi connectivity index (χ3v) is 4.55. The third-order valence-electron chi connectivity index (χ3n) is 4.04. The monoisotopic (exact) mass is 329 g/mol. The van der Waals surface area contributed by atoms with E-state index in [4.69, 9.17) is 4.74 Å². The number of ether oxygens (including phenoxy) is 1. The van der Waals surface area contributed by atoms with Gasteiger partial charge in [0.15, 0.2) is 0 Å². The molecule has 2 rings (SSSR count). The molecule has 5 heteroatoms. The van der Waals surface area contributed by atoms with Crippen molar-refractivity contribution >= 4 is 15.9 Å². The quantitative estimate of drug-likeness (QED) is 0.720. The van der Waals surface area contributed by atoms with Gasteiger partial charge >= 0.3 is 0 Å². The highest BCUT2D eigenvalue weighted by molar-refractivity contribution is 9.08. The molecule has 0 atom stereocenters. The molecule has 0 unspecified atom stereocenters. The van der Waals surface area contributed by atoms with E-state index in [2.05, 4.69) is 30.7 Å². The van der Waals surface area contributed by atoms with Crippen molar-refractivity contribution in [3.63, 3.8) is 0 Å². The van der Waals surface area contributed by atoms with Gasteiger partial charge in [0, 0.05) is 20.1 Å². The first kappa shape index (κ1) is 15.0. The van der Waals surface area contributed by atoms with Crippen molar-refractivity contribution < 1.29 is 4.74 Å². The number of hydrogen-bond donors (Lipinski definition) is 0. The van der Waals surface area contributed by atoms with E-state index < -0.39 is 0 Å². The highest BCUT2D eigenvalue weighted by atomic mass is 79.9. The first-order valence-electron chi connectivity index (χ1n) is 7.31. The lowest BCUT2D eigenvalue weighted by Gasteiger charge is -2.21. The van der Waals surface area contributed by atoms with Crippen LogP contribution in [0.25, 0.3) is 0 Å². The Hall–Kier alpha value is -0.420. The highest BCUT2D eigenvalue weighted by Crippen LogP contribution is 2.27. The molecule has 1 aromatic rings. The van der Waals surface area contributed by atoms with E-state index in [9.17, 15) is 0 Å². The van der Waals surface area contributed by atoms with Crippen LogP contribution in [0.1, 0.15) is 50.2 Å². The summed E-state index contributed by atoms with van der Waals surface area (Å²) in [6.45, 7) is 1.57. The summed E-state index contributed by atoms with van der Waals surface area (Å²) >= 11 is 3.48. The Balaban J connectivity index is 1.92. The van der Waals surface area contributed by atoms with Gasteiger partial charge in [-0.15, -0.1) is 10.2 Å². The lowest BCUT2D eigenvalue weighted by atomic mass is 9.86. The molecule has 0 aliphatic heterocycles. The lowest BCUT2D eigenvalue weighted by molar-refractivity contribution is 0.185. The minimum Gasteiger partial charge on any atom is -0.383 e. The SMILES string of the molecule is COCCn1c(CBr)nnc1CCC1CCCCC1. The molecular formula is C14H24BrN3O. The average Bonchev–Trinajstić information content (AvgIpc) is 2.86. The Morgan fingerprint density at radius 1 is 1.21 bits per heavy atom. The van der Waals surface area contributed by atoms with Gasteiger partial charge in [-0.05, 0) is 12.3 Å². The molecule has 1 aliphatic carbocycles. The van der Waals surface area contributed by atoms with Gasteiger partial charge in [-0.2, -0.15) is 0 Å². The van der Waals surface area contributed by atoms with Crippen molar-refractivity contribution in [1.29, 1.82) is 0 Å². The van der Waals surface area contributed by atoms with Gasteiger partial charge in [-0.25, -0.2) is 0 Å². The van der Waals surface area contributed by atoms with E-state index >= 15 is 0 Å². The molecule has 19 heavy (non-hydrogen) atoms. The smallest absolute Gasteiger partial charge is 0.143 e. The predicted octanol–water partition coefficient (Wildman–Crippen LogP) is 3.33. The number of aryl methyl sites for hydroxylation is 1. The molecule has 1 aliphatic rings. The molecule has 1 fully saturated rings. The maximum atomic E-state index is 5.17. The zero-order valence-electron chi connectivity index (χ0n) is 11.8. The maximum Gasteiger partial charge on any atom is 0.143 e. The first-order chi connectivity index (χ1) is 9.35. The summed E-state index contributed by atoms with van der Waals surface area (Å²) in [5.41, 5.74) is 0. The van der Waals surface area contributed by atoms with Crippen LogP contribution >= 0.6 is 15.9 Å². The number of methoxy groups -OCH3 is 1. The van der Waals surface area contributed by atoms with Crippen LogP contribution in [0.2, 0.25) is 0 Å². The number of nitrogens with zero attached hydrogens (tertiary/aromatic N) is 3. The molecule has 0 aromatic carbocycles. The Morgan fingerprint density at radius 3 is 2.63 bits per heavy atom. The Labute approximate surface area is 124 Å². The molecule has 0 saturated heterocycles. The van der Waals surface area contributed by atoms with Gasteiger partial charge < -0.3 is 9.30 Å². The number of halogens is 1. The predicted molar refractivity (Wildman–Crippen MR) is 79.4 cm³/mol. The topological polar surface area (TPSA) is 39.9 Å². The van der Waals surface area contributed by atoms with Gasteiger partial charge in [0.05, 0.1) is 11.9 Å². The Kier molecular flexibility index (Phi) is 6.31. The molecule has 0 bridgehead atoms. The van der Waals surface area contributed by atoms with Gasteiger partial charge in [-0.3, -0.25) is 0 Å². The number of aromatic nitrogens is 3. The van der Waals surface area contributed by atoms with E-state index in [1.54, 1.807) is 7.11 Å². The summed E-state index contributed by atoms with van der Waals surface area (Å²) < 4.78 is 7.38. The van der Waals surface area contributed by atoms with Crippen molar-refractivity contribution in [2.45, 2.75) is 56.8 Å². The molecular weight excluding hydrogens is 306 g/mol. The summed E-state index contributed by atoms with van der Waals surface area (Å²) in [6, 6.07) is 0. The summed E-state index contributed by atoms with van der Waals surface area (Å²) in [4.78, 5) is 0. The summed E-state index contributed by atoms with van der Waals surface area (Å²) in [5.74, 6) is 3.03. The standard InChI is InChI=1S/C14H24BrN3O/c1-19-10-9-18-13(16-17-14(18)11-15)8-7-12-5-3-2-4-6-12/h12H,2-11H2,1H3. The fourth-order valence-electron chi connectivity index (χ4n) is 2.91. The van der Waals surface area contributed by atoms with Crippen LogP contribution in [0.5, 0.6) is 0 Å². The summed E-state index contributed by atoms with van der Waals surface area (Å²) in [5, 5.41) is 9.37. The van der Waals surface area contributed by atoms with Gasteiger partial charge in [0.25, 0.3) is 0 Å². The van der Waals surface area contributed by atoms with Crippen molar-refractivity contribution in [2.24, 2.45) is 5.92 Å². The van der Waals surface area contributed by atoms with Gasteiger partial charge in [0.1, 0.15) is 11.6 Å². The van der Waals surface area contributed by atoms with E-state index in [0.717, 1.165) is 35.9 Å². The van der Waals surface area contributed by atoms with E-state index in [1.807, 2.05) is 0 Å². The zero-order valence-corrected chi connectivity index (χ0v) is 13.4. The number of alkyl halides is 1. The van der Waals surface area contributed by atoms with Crippen LogP contribution in [0, 0.1) is 5.92 Å². The fraction of sp³-hybridized carbons (Fsp3) is 0.857. The van der Waals surface area contributed by atoms with Crippen LogP contribution in [0.4, 0.5) is 0 Å². The Bertz CT molecular complexity index is 375. The van der Waals surface area contributed by atoms with Gasteiger partial charge in [0.2, 0.25) is 0 Å². The van der Waals surface area contributed by atoms with Crippen LogP contribution in [-0.2, 0) is 23.0 Å². The second kappa shape index (κ2) is 8.00. The minimum absolute atomic E-state index is 0.717. The number of rotatable bonds is 7. The molecule has 0 amide bonds. The average molecular weight is 330 g/mol. The van der Waals surface area contributed by atoms with E-state index in [-0.39, 0.29) is 0 Å². The number of hydrogen-bond acceptors (Lipinski definition) is 3. The Morgan fingerprint density at radius 2 is 1.95 bits per heavy atom. The van der Waals surface area contributed by atoms with Crippen LogP contribution in [0.15, 0.2) is 0 Å². The van der Waals surface area contributed by atoms with Gasteiger partial charge in [-0.1, -0.05) is 48.0 Å². The van der Waals surface area contributed by atoms with Crippen LogP contribution < -0.4 is 0 Å². The second-order valence-corrected chi connectivity index (χ2v) is 5.91. The molecule has 0 radical (unpaired) electrons. The van der Waals surface area contributed by atoms with Crippen molar-refractivity contribution in [3.05, 3.63) is 11.6 Å². The molecule has 0 N–H and O–H groups in total. The largest absolute Gasteiger partial charge is 0.383 e. The molecule has 1 saturated carbocycles. The molecule has 0 spiro atoms. The van der Waals surface area contributed by atoms with Crippen molar-refractivity contribution in [2.75, 3.05) is 13.7 Å². The highest BCUT2D eigenvalue weighted by Gasteiger charge is 2.16. The normalized spacial score (nSPS) is 16.9. The first-order valence-corrected chi connectivity index (χ1v) is 8.43.